The molecule has 0 bridgehead atoms. The van der Waals surface area contributed by atoms with Crippen LogP contribution in [0.5, 0.6) is 5.75 Å². The van der Waals surface area contributed by atoms with Gasteiger partial charge in [-0.15, -0.1) is 0 Å². The van der Waals surface area contributed by atoms with Gasteiger partial charge in [0.2, 0.25) is 5.91 Å². The van der Waals surface area contributed by atoms with Crippen LogP contribution in [0.25, 0.3) is 0 Å². The number of methoxy groups -OCH3 is 1. The fraction of sp³-hybridized carbons (Fsp3) is 0.500. The number of carbonyl (C=O) groups is 1. The van der Waals surface area contributed by atoms with Crippen molar-refractivity contribution >= 4 is 34.8 Å². The van der Waals surface area contributed by atoms with E-state index in [2.05, 4.69) is 10.6 Å². The van der Waals surface area contributed by atoms with E-state index < -0.39 is 30.8 Å². The molecule has 1 aliphatic heterocycles. The Labute approximate surface area is 142 Å². The zero-order chi connectivity index (χ0) is 17.0. The molecule has 0 spiro atoms. The van der Waals surface area contributed by atoms with Crippen molar-refractivity contribution in [3.63, 3.8) is 0 Å². The van der Waals surface area contributed by atoms with Crippen LogP contribution in [-0.4, -0.2) is 44.7 Å². The zero-order valence-electron chi connectivity index (χ0n) is 12.3. The molecule has 2 rings (SSSR count). The van der Waals surface area contributed by atoms with Gasteiger partial charge >= 0.3 is 0 Å². The second-order valence-electron chi connectivity index (χ2n) is 5.09. The first-order chi connectivity index (χ1) is 10.8. The van der Waals surface area contributed by atoms with E-state index in [9.17, 15) is 13.6 Å². The normalized spacial score (nSPS) is 19.6. The van der Waals surface area contributed by atoms with Crippen LogP contribution in [0.4, 0.5) is 14.5 Å². The van der Waals surface area contributed by atoms with E-state index in [4.69, 9.17) is 32.7 Å². The van der Waals surface area contributed by atoms with E-state index in [0.717, 1.165) is 0 Å². The number of hydrogen-bond donors (Lipinski definition) is 2. The quantitative estimate of drug-likeness (QED) is 0.757. The highest BCUT2D eigenvalue weighted by atomic mass is 35.5. The lowest BCUT2D eigenvalue weighted by Gasteiger charge is -2.14. The number of hydrogen-bond acceptors (Lipinski definition) is 4. The molecule has 1 atom stereocenters. The molecular formula is C14H16Cl2F2N2O3. The summed E-state index contributed by atoms with van der Waals surface area (Å²) in [5, 5.41) is 5.39. The number of nitrogens with one attached hydrogen (secondary N) is 2. The molecular weight excluding hydrogens is 353 g/mol. The minimum Gasteiger partial charge on any atom is -0.488 e. The van der Waals surface area contributed by atoms with Gasteiger partial charge in [-0.3, -0.25) is 10.1 Å². The molecule has 23 heavy (non-hydrogen) atoms. The first kappa shape index (κ1) is 18.2. The molecule has 1 aliphatic rings. The summed E-state index contributed by atoms with van der Waals surface area (Å²) in [7, 11) is 1.53. The van der Waals surface area contributed by atoms with Crippen molar-refractivity contribution in [1.29, 1.82) is 0 Å². The van der Waals surface area contributed by atoms with E-state index in [1.165, 1.54) is 19.2 Å². The Kier molecular flexibility index (Phi) is 6.02. The fourth-order valence-electron chi connectivity index (χ4n) is 2.13. The van der Waals surface area contributed by atoms with Gasteiger partial charge in [-0.05, 0) is 12.1 Å². The van der Waals surface area contributed by atoms with Gasteiger partial charge in [0, 0.05) is 19.2 Å². The van der Waals surface area contributed by atoms with Crippen LogP contribution in [0.2, 0.25) is 10.0 Å². The molecule has 5 nitrogen and oxygen atoms in total. The predicted molar refractivity (Wildman–Crippen MR) is 83.8 cm³/mol. The Morgan fingerprint density at radius 1 is 1.39 bits per heavy atom. The third kappa shape index (κ3) is 4.91. The van der Waals surface area contributed by atoms with Crippen molar-refractivity contribution in [3.05, 3.63) is 22.2 Å². The number of anilines is 1. The Morgan fingerprint density at radius 2 is 2.04 bits per heavy atom. The number of alkyl halides is 2. The highest BCUT2D eigenvalue weighted by Crippen LogP contribution is 2.36. The summed E-state index contributed by atoms with van der Waals surface area (Å²) in [6, 6.07) is 1.93. The van der Waals surface area contributed by atoms with Gasteiger partial charge < -0.3 is 14.8 Å². The summed E-state index contributed by atoms with van der Waals surface area (Å²) in [6.45, 7) is 0.119. The zero-order valence-corrected chi connectivity index (χ0v) is 13.8. The topological polar surface area (TPSA) is 59.6 Å². The lowest BCUT2D eigenvalue weighted by atomic mass is 10.2. The molecule has 0 radical (unpaired) electrons. The highest BCUT2D eigenvalue weighted by Gasteiger charge is 2.42. The van der Waals surface area contributed by atoms with Gasteiger partial charge in [-0.2, -0.15) is 0 Å². The molecule has 1 aromatic rings. The minimum absolute atomic E-state index is 0.202. The third-order valence-electron chi connectivity index (χ3n) is 3.23. The van der Waals surface area contributed by atoms with Crippen LogP contribution >= 0.6 is 23.2 Å². The van der Waals surface area contributed by atoms with E-state index in [1.807, 2.05) is 0 Å². The molecule has 2 N–H and O–H groups in total. The largest absolute Gasteiger partial charge is 0.488 e. The van der Waals surface area contributed by atoms with Crippen molar-refractivity contribution in [2.45, 2.75) is 18.4 Å². The average molecular weight is 369 g/mol. The Morgan fingerprint density at radius 3 is 2.57 bits per heavy atom. The van der Waals surface area contributed by atoms with Gasteiger partial charge in [0.1, 0.15) is 6.61 Å². The molecule has 1 amide bonds. The Balaban J connectivity index is 2.02. The Hall–Kier alpha value is -1.15. The summed E-state index contributed by atoms with van der Waals surface area (Å²) in [6.07, 6.45) is -0.543. The van der Waals surface area contributed by atoms with Crippen molar-refractivity contribution in [2.24, 2.45) is 0 Å². The average Bonchev–Trinajstić information content (AvgIpc) is 2.82. The molecule has 1 unspecified atom stereocenters. The van der Waals surface area contributed by atoms with Gasteiger partial charge in [0.15, 0.2) is 5.75 Å². The van der Waals surface area contributed by atoms with Crippen molar-refractivity contribution < 1.29 is 23.0 Å². The molecule has 0 saturated carbocycles. The van der Waals surface area contributed by atoms with Crippen LogP contribution in [0.3, 0.4) is 0 Å². The molecule has 1 saturated heterocycles. The fourth-order valence-corrected chi connectivity index (χ4v) is 2.72. The number of halogens is 4. The summed E-state index contributed by atoms with van der Waals surface area (Å²) < 4.78 is 36.5. The van der Waals surface area contributed by atoms with Crippen LogP contribution in [0, 0.1) is 0 Å². The summed E-state index contributed by atoms with van der Waals surface area (Å²) in [4.78, 5) is 12.0. The smallest absolute Gasteiger partial charge is 0.262 e. The molecule has 1 heterocycles. The van der Waals surface area contributed by atoms with Crippen molar-refractivity contribution in [2.75, 3.05) is 32.2 Å². The number of benzene rings is 1. The van der Waals surface area contributed by atoms with Crippen molar-refractivity contribution in [1.82, 2.24) is 5.32 Å². The van der Waals surface area contributed by atoms with Crippen LogP contribution in [0.15, 0.2) is 12.1 Å². The maximum atomic E-state index is 13.1. The molecule has 0 aromatic heterocycles. The summed E-state index contributed by atoms with van der Waals surface area (Å²) in [5.41, 5.74) is 0.307. The lowest BCUT2D eigenvalue weighted by molar-refractivity contribution is -0.118. The van der Waals surface area contributed by atoms with Gasteiger partial charge in [-0.25, -0.2) is 8.78 Å². The Bertz CT molecular complexity index is 564. The standard InChI is InChI=1S/C14H16Cl2F2N2O3/c1-22-2-3-23-12-9(15)4-8(5-10(12)16)20-13(21)11-6-14(17,18)7-19-11/h4-5,11,19H,2-3,6-7H2,1H3,(H,20,21). The number of amides is 1. The summed E-state index contributed by atoms with van der Waals surface area (Å²) in [5.74, 6) is -3.17. The molecule has 128 valence electrons. The van der Waals surface area contributed by atoms with E-state index in [1.54, 1.807) is 0 Å². The second kappa shape index (κ2) is 7.61. The van der Waals surface area contributed by atoms with E-state index >= 15 is 0 Å². The minimum atomic E-state index is -2.88. The SMILES string of the molecule is COCCOc1c(Cl)cc(NC(=O)C2CC(F)(F)CN2)cc1Cl. The lowest BCUT2D eigenvalue weighted by Crippen LogP contribution is -2.35. The molecule has 1 fully saturated rings. The second-order valence-corrected chi connectivity index (χ2v) is 5.91. The maximum absolute atomic E-state index is 13.1. The number of carbonyl (C=O) groups excluding carboxylic acids is 1. The van der Waals surface area contributed by atoms with Gasteiger partial charge in [0.05, 0.1) is 29.2 Å². The number of rotatable bonds is 6. The van der Waals surface area contributed by atoms with Crippen LogP contribution in [0.1, 0.15) is 6.42 Å². The predicted octanol–water partition coefficient (Wildman–Crippen LogP) is 2.95. The molecule has 9 heteroatoms. The van der Waals surface area contributed by atoms with Gasteiger partial charge in [0.25, 0.3) is 5.92 Å². The van der Waals surface area contributed by atoms with Gasteiger partial charge in [-0.1, -0.05) is 23.2 Å². The first-order valence-electron chi connectivity index (χ1n) is 6.85. The van der Waals surface area contributed by atoms with Crippen molar-refractivity contribution in [3.8, 4) is 5.75 Å². The first-order valence-corrected chi connectivity index (χ1v) is 7.61. The molecule has 0 aliphatic carbocycles. The highest BCUT2D eigenvalue weighted by molar-refractivity contribution is 6.37. The van der Waals surface area contributed by atoms with E-state index in [-0.39, 0.29) is 22.4 Å². The maximum Gasteiger partial charge on any atom is 0.262 e. The monoisotopic (exact) mass is 368 g/mol. The number of ether oxygens (including phenoxy) is 2. The van der Waals surface area contributed by atoms with E-state index in [0.29, 0.717) is 12.3 Å². The molecule has 1 aromatic carbocycles. The third-order valence-corrected chi connectivity index (χ3v) is 3.79. The van der Waals surface area contributed by atoms with Crippen LogP contribution in [-0.2, 0) is 9.53 Å². The summed E-state index contributed by atoms with van der Waals surface area (Å²) >= 11 is 12.1. The van der Waals surface area contributed by atoms with Crippen LogP contribution < -0.4 is 15.4 Å².